The number of ether oxygens (including phenoxy) is 1. The van der Waals surface area contributed by atoms with E-state index in [0.29, 0.717) is 0 Å². The third-order valence-electron chi connectivity index (χ3n) is 3.40. The van der Waals surface area contributed by atoms with Crippen LogP contribution in [0.4, 0.5) is 5.82 Å². The lowest BCUT2D eigenvalue weighted by molar-refractivity contribution is -0.00920. The molecule has 108 valence electrons. The minimum Gasteiger partial charge on any atom is -0.372 e. The zero-order chi connectivity index (χ0) is 14.8. The van der Waals surface area contributed by atoms with Crippen molar-refractivity contribution in [3.05, 3.63) is 15.1 Å². The van der Waals surface area contributed by atoms with Gasteiger partial charge in [-0.15, -0.1) is 0 Å². The third-order valence-corrected chi connectivity index (χ3v) is 4.42. The molecule has 0 saturated carbocycles. The second kappa shape index (κ2) is 5.91. The van der Waals surface area contributed by atoms with Crippen molar-refractivity contribution in [2.45, 2.75) is 52.1 Å². The first-order valence-electron chi connectivity index (χ1n) is 6.51. The Balaban J connectivity index is 3.53. The van der Waals surface area contributed by atoms with Crippen molar-refractivity contribution in [2.75, 3.05) is 19.5 Å². The fourth-order valence-electron chi connectivity index (χ4n) is 1.74. The highest BCUT2D eigenvalue weighted by Crippen LogP contribution is 2.33. The van der Waals surface area contributed by atoms with Crippen LogP contribution in [0.5, 0.6) is 0 Å². The van der Waals surface area contributed by atoms with Gasteiger partial charge in [0.05, 0.1) is 9.26 Å². The summed E-state index contributed by atoms with van der Waals surface area (Å²) in [5, 5.41) is 3.15. The van der Waals surface area contributed by atoms with Gasteiger partial charge in [-0.2, -0.15) is 0 Å². The number of methoxy groups -OCH3 is 1. The molecule has 1 atom stereocenters. The first-order valence-corrected chi connectivity index (χ1v) is 7.59. The number of halogens is 1. The summed E-state index contributed by atoms with van der Waals surface area (Å²) in [5.74, 6) is 1.61. The molecule has 0 saturated heterocycles. The molecule has 0 spiro atoms. The summed E-state index contributed by atoms with van der Waals surface area (Å²) in [6.45, 7) is 10.6. The van der Waals surface area contributed by atoms with Gasteiger partial charge in [0.25, 0.3) is 0 Å². The maximum absolute atomic E-state index is 5.62. The van der Waals surface area contributed by atoms with Crippen molar-refractivity contribution in [3.8, 4) is 0 Å². The lowest BCUT2D eigenvalue weighted by Crippen LogP contribution is -2.29. The maximum Gasteiger partial charge on any atom is 0.162 e. The van der Waals surface area contributed by atoms with Gasteiger partial charge in [-0.1, -0.05) is 27.7 Å². The molecule has 1 aromatic heterocycles. The molecule has 0 fully saturated rings. The minimum atomic E-state index is -0.448. The number of hydrogen-bond donors (Lipinski definition) is 1. The molecule has 0 aliphatic heterocycles. The smallest absolute Gasteiger partial charge is 0.162 e. The predicted molar refractivity (Wildman–Crippen MR) is 87.6 cm³/mol. The van der Waals surface area contributed by atoms with E-state index in [0.717, 1.165) is 27.3 Å². The van der Waals surface area contributed by atoms with Gasteiger partial charge in [-0.25, -0.2) is 9.97 Å². The van der Waals surface area contributed by atoms with Crippen LogP contribution in [0.3, 0.4) is 0 Å². The lowest BCUT2D eigenvalue weighted by atomic mass is 9.91. The highest BCUT2D eigenvalue weighted by atomic mass is 127. The highest BCUT2D eigenvalue weighted by molar-refractivity contribution is 14.1. The Morgan fingerprint density at radius 1 is 1.21 bits per heavy atom. The van der Waals surface area contributed by atoms with Crippen LogP contribution >= 0.6 is 22.6 Å². The third kappa shape index (κ3) is 3.37. The summed E-state index contributed by atoms with van der Waals surface area (Å²) < 4.78 is 6.70. The summed E-state index contributed by atoms with van der Waals surface area (Å²) in [5.41, 5.74) is 0.581. The molecular formula is C14H24IN3O. The normalized spacial score (nSPS) is 15.2. The van der Waals surface area contributed by atoms with Crippen LogP contribution in [0.1, 0.15) is 52.6 Å². The fraction of sp³-hybridized carbons (Fsp3) is 0.714. The summed E-state index contributed by atoms with van der Waals surface area (Å²) in [7, 11) is 3.59. The molecule has 0 radical (unpaired) electrons. The molecule has 0 amide bonds. The van der Waals surface area contributed by atoms with E-state index >= 15 is 0 Å². The Labute approximate surface area is 129 Å². The Morgan fingerprint density at radius 2 is 1.79 bits per heavy atom. The molecule has 0 aliphatic rings. The summed E-state index contributed by atoms with van der Waals surface area (Å²) in [6, 6.07) is 0. The molecular weight excluding hydrogens is 353 g/mol. The van der Waals surface area contributed by atoms with Crippen LogP contribution in [-0.2, 0) is 15.8 Å². The van der Waals surface area contributed by atoms with Crippen LogP contribution in [-0.4, -0.2) is 24.1 Å². The number of aromatic nitrogens is 2. The van der Waals surface area contributed by atoms with Gasteiger partial charge in [0.15, 0.2) is 5.82 Å². The van der Waals surface area contributed by atoms with Crippen molar-refractivity contribution in [2.24, 2.45) is 0 Å². The van der Waals surface area contributed by atoms with Crippen molar-refractivity contribution >= 4 is 28.4 Å². The predicted octanol–water partition coefficient (Wildman–Crippen LogP) is 3.69. The van der Waals surface area contributed by atoms with E-state index in [1.54, 1.807) is 7.11 Å². The van der Waals surface area contributed by atoms with Crippen molar-refractivity contribution in [1.82, 2.24) is 9.97 Å². The first kappa shape index (κ1) is 16.6. The number of anilines is 1. The zero-order valence-electron chi connectivity index (χ0n) is 12.9. The van der Waals surface area contributed by atoms with E-state index in [-0.39, 0.29) is 5.41 Å². The Hall–Kier alpha value is -0.430. The molecule has 0 bridgehead atoms. The quantitative estimate of drug-likeness (QED) is 0.813. The molecule has 1 N–H and O–H groups in total. The van der Waals surface area contributed by atoms with Gasteiger partial charge < -0.3 is 10.1 Å². The molecule has 19 heavy (non-hydrogen) atoms. The molecule has 4 nitrogen and oxygen atoms in total. The van der Waals surface area contributed by atoms with E-state index in [1.165, 1.54) is 0 Å². The van der Waals surface area contributed by atoms with E-state index in [1.807, 2.05) is 14.0 Å². The largest absolute Gasteiger partial charge is 0.372 e. The molecule has 5 heteroatoms. The molecule has 1 rings (SSSR count). The van der Waals surface area contributed by atoms with Crippen LogP contribution in [0, 0.1) is 3.57 Å². The van der Waals surface area contributed by atoms with E-state index < -0.39 is 5.60 Å². The van der Waals surface area contributed by atoms with E-state index in [4.69, 9.17) is 9.72 Å². The number of hydrogen-bond acceptors (Lipinski definition) is 4. The van der Waals surface area contributed by atoms with Crippen molar-refractivity contribution < 1.29 is 4.74 Å². The number of nitrogens with zero attached hydrogens (tertiary/aromatic N) is 2. The molecule has 1 unspecified atom stereocenters. The van der Waals surface area contributed by atoms with Gasteiger partial charge in [0.1, 0.15) is 11.4 Å². The fourth-order valence-corrected chi connectivity index (χ4v) is 3.06. The lowest BCUT2D eigenvalue weighted by Gasteiger charge is -2.28. The van der Waals surface area contributed by atoms with Crippen LogP contribution in [0.2, 0.25) is 0 Å². The van der Waals surface area contributed by atoms with E-state index in [2.05, 4.69) is 60.6 Å². The Morgan fingerprint density at radius 3 is 2.16 bits per heavy atom. The topological polar surface area (TPSA) is 47.0 Å². The molecule has 1 aromatic rings. The summed E-state index contributed by atoms with van der Waals surface area (Å²) in [6.07, 6.45) is 0.830. The molecule has 1 heterocycles. The van der Waals surface area contributed by atoms with Crippen LogP contribution in [0.25, 0.3) is 0 Å². The number of nitrogens with one attached hydrogen (secondary N) is 1. The molecule has 0 aliphatic carbocycles. The van der Waals surface area contributed by atoms with Crippen molar-refractivity contribution in [3.63, 3.8) is 0 Å². The standard InChI is InChI=1S/C14H24IN3O/c1-8-14(5,19-7)12-17-10(13(2,3)4)9(15)11(16-6)18-12/h8H2,1-7H3,(H,16,17,18). The van der Waals surface area contributed by atoms with Gasteiger partial charge in [-0.3, -0.25) is 0 Å². The zero-order valence-corrected chi connectivity index (χ0v) is 15.0. The molecule has 0 aromatic carbocycles. The van der Waals surface area contributed by atoms with Gasteiger partial charge in [0, 0.05) is 19.6 Å². The average molecular weight is 377 g/mol. The average Bonchev–Trinajstić information content (AvgIpc) is 2.36. The summed E-state index contributed by atoms with van der Waals surface area (Å²) >= 11 is 2.31. The number of rotatable bonds is 4. The van der Waals surface area contributed by atoms with E-state index in [9.17, 15) is 0 Å². The van der Waals surface area contributed by atoms with Crippen LogP contribution in [0.15, 0.2) is 0 Å². The second-order valence-electron chi connectivity index (χ2n) is 5.85. The van der Waals surface area contributed by atoms with Gasteiger partial charge in [-0.05, 0) is 35.9 Å². The highest BCUT2D eigenvalue weighted by Gasteiger charge is 2.31. The van der Waals surface area contributed by atoms with Crippen molar-refractivity contribution in [1.29, 1.82) is 0 Å². The monoisotopic (exact) mass is 377 g/mol. The Kier molecular flexibility index (Phi) is 5.17. The SMILES string of the molecule is CCC(C)(OC)c1nc(NC)c(I)c(C(C)(C)C)n1. The Bertz CT molecular complexity index is 451. The second-order valence-corrected chi connectivity index (χ2v) is 6.93. The van der Waals surface area contributed by atoms with Gasteiger partial charge >= 0.3 is 0 Å². The van der Waals surface area contributed by atoms with Gasteiger partial charge in [0.2, 0.25) is 0 Å². The maximum atomic E-state index is 5.62. The first-order chi connectivity index (χ1) is 8.69. The van der Waals surface area contributed by atoms with Crippen LogP contribution < -0.4 is 5.32 Å². The summed E-state index contributed by atoms with van der Waals surface area (Å²) in [4.78, 5) is 9.41. The minimum absolute atomic E-state index is 0.0256.